The monoisotopic (exact) mass is 426 g/mol. The van der Waals surface area contributed by atoms with Gasteiger partial charge in [-0.2, -0.15) is 0 Å². The van der Waals surface area contributed by atoms with E-state index in [1.54, 1.807) is 12.1 Å². The number of carbonyl (C=O) groups is 2. The largest absolute Gasteiger partial charge is 0.490 e. The molecule has 0 radical (unpaired) electrons. The quantitative estimate of drug-likeness (QED) is 0.194. The van der Waals surface area contributed by atoms with Crippen molar-refractivity contribution >= 4 is 11.9 Å². The lowest BCUT2D eigenvalue weighted by Gasteiger charge is -2.20. The molecule has 0 aliphatic rings. The maximum absolute atomic E-state index is 12.0. The van der Waals surface area contributed by atoms with Gasteiger partial charge in [0, 0.05) is 25.4 Å². The molecule has 0 amide bonds. The summed E-state index contributed by atoms with van der Waals surface area (Å²) in [5, 5.41) is 12.4. The standard InChI is InChI=1S/C20H30N2O8/c1-15(2)21-13-18(30-20(24)5-4-12-29-22(25)26)14-28-17-9-6-16(7-10-17)8-11-19(23)27-3/h6-7,9-10,15,18,21H,4-5,8,11-14H2,1-3H3. The number of hydrogen-bond acceptors (Lipinski definition) is 9. The van der Waals surface area contributed by atoms with E-state index in [9.17, 15) is 19.7 Å². The predicted molar refractivity (Wildman–Crippen MR) is 107 cm³/mol. The SMILES string of the molecule is COC(=O)CCc1ccc(OCC(CNC(C)C)OC(=O)CCCO[N+](=O)[O-])cc1. The van der Waals surface area contributed by atoms with Crippen LogP contribution < -0.4 is 10.1 Å². The summed E-state index contributed by atoms with van der Waals surface area (Å²) in [5.41, 5.74) is 0.981. The van der Waals surface area contributed by atoms with Crippen LogP contribution in [0.3, 0.4) is 0 Å². The molecule has 0 spiro atoms. The van der Waals surface area contributed by atoms with Crippen LogP contribution >= 0.6 is 0 Å². The van der Waals surface area contributed by atoms with E-state index in [1.165, 1.54) is 7.11 Å². The molecule has 1 aromatic rings. The molecule has 0 saturated carbocycles. The summed E-state index contributed by atoms with van der Waals surface area (Å²) in [5.74, 6) is -0.122. The number of nitrogens with zero attached hydrogens (tertiary/aromatic N) is 1. The van der Waals surface area contributed by atoms with Gasteiger partial charge in [-0.15, -0.1) is 10.1 Å². The first-order chi connectivity index (χ1) is 14.3. The third-order valence-electron chi connectivity index (χ3n) is 3.98. The molecule has 1 unspecified atom stereocenters. The van der Waals surface area contributed by atoms with E-state index in [2.05, 4.69) is 14.9 Å². The zero-order chi connectivity index (χ0) is 22.4. The van der Waals surface area contributed by atoms with Crippen molar-refractivity contribution in [1.29, 1.82) is 0 Å². The smallest absolute Gasteiger partial charge is 0.306 e. The summed E-state index contributed by atoms with van der Waals surface area (Å²) in [6, 6.07) is 7.50. The topological polar surface area (TPSA) is 126 Å². The molecule has 1 aromatic carbocycles. The number of carbonyl (C=O) groups excluding carboxylic acids is 2. The summed E-state index contributed by atoms with van der Waals surface area (Å²) in [4.78, 5) is 37.5. The second kappa shape index (κ2) is 14.2. The van der Waals surface area contributed by atoms with Crippen molar-refractivity contribution in [3.63, 3.8) is 0 Å². The van der Waals surface area contributed by atoms with Crippen molar-refractivity contribution < 1.29 is 33.7 Å². The highest BCUT2D eigenvalue weighted by molar-refractivity contribution is 5.69. The van der Waals surface area contributed by atoms with E-state index in [0.29, 0.717) is 25.1 Å². The minimum absolute atomic E-state index is 0.0148. The Kier molecular flexibility index (Phi) is 11.9. The predicted octanol–water partition coefficient (Wildman–Crippen LogP) is 2.07. The van der Waals surface area contributed by atoms with Crippen molar-refractivity contribution in [2.45, 2.75) is 51.7 Å². The first kappa shape index (κ1) is 25.2. The molecule has 0 bridgehead atoms. The van der Waals surface area contributed by atoms with E-state index in [4.69, 9.17) is 9.47 Å². The van der Waals surface area contributed by atoms with E-state index < -0.39 is 17.2 Å². The summed E-state index contributed by atoms with van der Waals surface area (Å²) in [6.45, 7) is 4.35. The Morgan fingerprint density at radius 3 is 2.43 bits per heavy atom. The number of hydrogen-bond donors (Lipinski definition) is 1. The Labute approximate surface area is 175 Å². The van der Waals surface area contributed by atoms with E-state index >= 15 is 0 Å². The van der Waals surface area contributed by atoms with Gasteiger partial charge in [0.15, 0.2) is 0 Å². The van der Waals surface area contributed by atoms with Gasteiger partial charge in [0.2, 0.25) is 0 Å². The minimum atomic E-state index is -0.894. The van der Waals surface area contributed by atoms with Crippen LogP contribution in [0.4, 0.5) is 0 Å². The lowest BCUT2D eigenvalue weighted by atomic mass is 10.1. The summed E-state index contributed by atoms with van der Waals surface area (Å²) < 4.78 is 15.8. The van der Waals surface area contributed by atoms with Gasteiger partial charge in [-0.3, -0.25) is 9.59 Å². The molecule has 0 aliphatic heterocycles. The van der Waals surface area contributed by atoms with Crippen LogP contribution in [0.5, 0.6) is 5.75 Å². The van der Waals surface area contributed by atoms with Gasteiger partial charge >= 0.3 is 11.9 Å². The Morgan fingerprint density at radius 1 is 1.13 bits per heavy atom. The van der Waals surface area contributed by atoms with Gasteiger partial charge in [0.1, 0.15) is 18.5 Å². The molecule has 168 valence electrons. The third-order valence-corrected chi connectivity index (χ3v) is 3.98. The van der Waals surface area contributed by atoms with Crippen molar-refractivity contribution in [2.24, 2.45) is 0 Å². The summed E-state index contributed by atoms with van der Waals surface area (Å²) in [6.07, 6.45) is 0.572. The van der Waals surface area contributed by atoms with Crippen LogP contribution in [-0.2, 0) is 30.3 Å². The highest BCUT2D eigenvalue weighted by Gasteiger charge is 2.16. The molecule has 0 fully saturated rings. The van der Waals surface area contributed by atoms with Crippen molar-refractivity contribution in [3.8, 4) is 5.75 Å². The van der Waals surface area contributed by atoms with E-state index in [-0.39, 0.29) is 38.1 Å². The van der Waals surface area contributed by atoms with Crippen LogP contribution in [-0.4, -0.2) is 56.0 Å². The lowest BCUT2D eigenvalue weighted by molar-refractivity contribution is -0.757. The first-order valence-electron chi connectivity index (χ1n) is 9.79. The number of esters is 2. The lowest BCUT2D eigenvalue weighted by Crippen LogP contribution is -2.38. The Balaban J connectivity index is 2.49. The molecular formula is C20H30N2O8. The highest BCUT2D eigenvalue weighted by atomic mass is 16.9. The van der Waals surface area contributed by atoms with E-state index in [0.717, 1.165) is 5.56 Å². The molecule has 0 aromatic heterocycles. The average molecular weight is 426 g/mol. The molecule has 1 N–H and O–H groups in total. The molecule has 10 nitrogen and oxygen atoms in total. The summed E-state index contributed by atoms with van der Waals surface area (Å²) in [7, 11) is 1.36. The highest BCUT2D eigenvalue weighted by Crippen LogP contribution is 2.14. The van der Waals surface area contributed by atoms with E-state index in [1.807, 2.05) is 26.0 Å². The number of ether oxygens (including phenoxy) is 3. The second-order valence-corrected chi connectivity index (χ2v) is 6.87. The number of nitrogens with one attached hydrogen (secondary N) is 1. The van der Waals surface area contributed by atoms with Gasteiger partial charge in [-0.1, -0.05) is 26.0 Å². The van der Waals surface area contributed by atoms with Crippen LogP contribution in [0.25, 0.3) is 0 Å². The fourth-order valence-corrected chi connectivity index (χ4v) is 2.39. The molecule has 10 heteroatoms. The van der Waals surface area contributed by atoms with Crippen molar-refractivity contribution in [3.05, 3.63) is 39.9 Å². The van der Waals surface area contributed by atoms with Gasteiger partial charge in [-0.05, 0) is 30.5 Å². The van der Waals surface area contributed by atoms with Gasteiger partial charge < -0.3 is 24.4 Å². The zero-order valence-corrected chi connectivity index (χ0v) is 17.6. The molecule has 1 atom stereocenters. The fraction of sp³-hybridized carbons (Fsp3) is 0.600. The number of benzene rings is 1. The molecule has 0 heterocycles. The van der Waals surface area contributed by atoms with Crippen LogP contribution in [0.1, 0.15) is 38.7 Å². The van der Waals surface area contributed by atoms with Gasteiger partial charge in [-0.25, -0.2) is 0 Å². The van der Waals surface area contributed by atoms with Crippen LogP contribution in [0.2, 0.25) is 0 Å². The molecule has 30 heavy (non-hydrogen) atoms. The zero-order valence-electron chi connectivity index (χ0n) is 17.6. The normalized spacial score (nSPS) is 11.6. The second-order valence-electron chi connectivity index (χ2n) is 6.87. The van der Waals surface area contributed by atoms with Crippen LogP contribution in [0, 0.1) is 10.1 Å². The fourth-order valence-electron chi connectivity index (χ4n) is 2.39. The maximum Gasteiger partial charge on any atom is 0.306 e. The number of rotatable bonds is 15. The Bertz CT molecular complexity index is 663. The Hall–Kier alpha value is -2.88. The van der Waals surface area contributed by atoms with Crippen molar-refractivity contribution in [1.82, 2.24) is 5.32 Å². The minimum Gasteiger partial charge on any atom is -0.490 e. The molecular weight excluding hydrogens is 396 g/mol. The maximum atomic E-state index is 12.0. The molecule has 1 rings (SSSR count). The van der Waals surface area contributed by atoms with Gasteiger partial charge in [0.05, 0.1) is 13.7 Å². The van der Waals surface area contributed by atoms with Crippen molar-refractivity contribution in [2.75, 3.05) is 26.9 Å². The molecule has 0 aliphatic carbocycles. The summed E-state index contributed by atoms with van der Waals surface area (Å²) >= 11 is 0. The van der Waals surface area contributed by atoms with Crippen LogP contribution in [0.15, 0.2) is 24.3 Å². The third kappa shape index (κ3) is 11.8. The molecule has 0 saturated heterocycles. The average Bonchev–Trinajstić information content (AvgIpc) is 2.71. The Morgan fingerprint density at radius 2 is 1.83 bits per heavy atom. The number of aryl methyl sites for hydroxylation is 1. The van der Waals surface area contributed by atoms with Gasteiger partial charge in [0.25, 0.3) is 5.09 Å². The number of methoxy groups -OCH3 is 1. The first-order valence-corrected chi connectivity index (χ1v) is 9.79.